The predicted octanol–water partition coefficient (Wildman–Crippen LogP) is 2.07. The molecule has 0 aromatic rings. The molecule has 0 heterocycles. The highest BCUT2D eigenvalue weighted by molar-refractivity contribution is 5.83. The van der Waals surface area contributed by atoms with Gasteiger partial charge in [0.15, 0.2) is 0 Å². The maximum atomic E-state index is 10.9. The molecule has 2 heteroatoms. The highest BCUT2D eigenvalue weighted by atomic mass is 16.5. The van der Waals surface area contributed by atoms with Crippen LogP contribution in [0.3, 0.4) is 0 Å². The Kier molecular flexibility index (Phi) is 4.27. The lowest BCUT2D eigenvalue weighted by atomic mass is 10.3. The number of rotatable bonds is 3. The molecular formula is C9H14O2. The highest BCUT2D eigenvalue weighted by Gasteiger charge is 1.99. The molecule has 0 aliphatic heterocycles. The van der Waals surface area contributed by atoms with Gasteiger partial charge in [-0.25, -0.2) is 4.79 Å². The lowest BCUT2D eigenvalue weighted by Gasteiger charge is -2.04. The van der Waals surface area contributed by atoms with Crippen LogP contribution in [0.25, 0.3) is 0 Å². The van der Waals surface area contributed by atoms with Gasteiger partial charge >= 0.3 is 5.97 Å². The van der Waals surface area contributed by atoms with E-state index >= 15 is 0 Å². The molecule has 0 unspecified atom stereocenters. The normalized spacial score (nSPS) is 11.5. The minimum absolute atomic E-state index is 0.0589. The Bertz CT molecular complexity index is 178. The quantitative estimate of drug-likeness (QED) is 0.353. The van der Waals surface area contributed by atoms with Crippen LogP contribution in [0.5, 0.6) is 0 Å². The van der Waals surface area contributed by atoms with Crippen LogP contribution in [-0.2, 0) is 9.53 Å². The van der Waals surface area contributed by atoms with Crippen molar-refractivity contribution in [2.24, 2.45) is 0 Å². The minimum atomic E-state index is -0.308. The summed E-state index contributed by atoms with van der Waals surface area (Å²) >= 11 is 0. The fraction of sp³-hybridized carbons (Fsp3) is 0.444. The van der Waals surface area contributed by atoms with Crippen molar-refractivity contribution >= 4 is 5.97 Å². The Balaban J connectivity index is 3.96. The molecule has 0 amide bonds. The topological polar surface area (TPSA) is 26.3 Å². The van der Waals surface area contributed by atoms with Crippen molar-refractivity contribution in [1.82, 2.24) is 0 Å². The van der Waals surface area contributed by atoms with Crippen molar-refractivity contribution in [3.63, 3.8) is 0 Å². The molecule has 0 aliphatic rings. The average Bonchev–Trinajstić information content (AvgIpc) is 1.85. The van der Waals surface area contributed by atoms with Crippen LogP contribution in [0.4, 0.5) is 0 Å². The second-order valence-electron chi connectivity index (χ2n) is 2.58. The molecule has 0 saturated heterocycles. The molecule has 0 rings (SSSR count). The number of allylic oxidation sites excluding steroid dienone is 2. The smallest absolute Gasteiger partial charge is 0.331 e. The van der Waals surface area contributed by atoms with Gasteiger partial charge < -0.3 is 4.74 Å². The van der Waals surface area contributed by atoms with E-state index in [1.54, 1.807) is 13.0 Å². The fourth-order valence-corrected chi connectivity index (χ4v) is 0.511. The molecule has 0 bridgehead atoms. The van der Waals surface area contributed by atoms with Gasteiger partial charge in [0.1, 0.15) is 0 Å². The molecule has 62 valence electrons. The third-order valence-electron chi connectivity index (χ3n) is 1.02. The van der Waals surface area contributed by atoms with E-state index in [4.69, 9.17) is 4.74 Å². The lowest BCUT2D eigenvalue weighted by molar-refractivity contribution is -0.141. The third kappa shape index (κ3) is 5.40. The first-order chi connectivity index (χ1) is 5.06. The summed E-state index contributed by atoms with van der Waals surface area (Å²) < 4.78 is 4.86. The number of hydrogen-bond donors (Lipinski definition) is 0. The molecule has 0 fully saturated rings. The van der Waals surface area contributed by atoms with Crippen molar-refractivity contribution in [2.45, 2.75) is 26.9 Å². The molecule has 0 aromatic heterocycles. The van der Waals surface area contributed by atoms with E-state index in [0.29, 0.717) is 0 Å². The highest BCUT2D eigenvalue weighted by Crippen LogP contribution is 1.96. The SMILES string of the molecule is C=C/C(C)=C\C(=O)OC(C)C. The van der Waals surface area contributed by atoms with E-state index in [-0.39, 0.29) is 12.1 Å². The van der Waals surface area contributed by atoms with Gasteiger partial charge in [-0.2, -0.15) is 0 Å². The summed E-state index contributed by atoms with van der Waals surface area (Å²) in [5, 5.41) is 0. The first kappa shape index (κ1) is 9.95. The van der Waals surface area contributed by atoms with Crippen LogP contribution < -0.4 is 0 Å². The van der Waals surface area contributed by atoms with E-state index in [9.17, 15) is 4.79 Å². The predicted molar refractivity (Wildman–Crippen MR) is 45.2 cm³/mol. The number of carbonyl (C=O) groups excluding carboxylic acids is 1. The summed E-state index contributed by atoms with van der Waals surface area (Å²) in [7, 11) is 0. The van der Waals surface area contributed by atoms with Crippen LogP contribution in [0.1, 0.15) is 20.8 Å². The Morgan fingerprint density at radius 3 is 2.45 bits per heavy atom. The summed E-state index contributed by atoms with van der Waals surface area (Å²) in [4.78, 5) is 10.9. The number of carbonyl (C=O) groups is 1. The van der Waals surface area contributed by atoms with E-state index in [0.717, 1.165) is 5.57 Å². The minimum Gasteiger partial charge on any atom is -0.460 e. The van der Waals surface area contributed by atoms with Crippen molar-refractivity contribution < 1.29 is 9.53 Å². The zero-order valence-corrected chi connectivity index (χ0v) is 7.26. The Hall–Kier alpha value is -1.05. The molecule has 11 heavy (non-hydrogen) atoms. The van der Waals surface area contributed by atoms with Crippen LogP contribution in [0.2, 0.25) is 0 Å². The molecule has 0 aromatic carbocycles. The zero-order chi connectivity index (χ0) is 8.85. The van der Waals surface area contributed by atoms with E-state index in [1.807, 2.05) is 13.8 Å². The van der Waals surface area contributed by atoms with Gasteiger partial charge in [0, 0.05) is 6.08 Å². The van der Waals surface area contributed by atoms with Gasteiger partial charge in [0.2, 0.25) is 0 Å². The van der Waals surface area contributed by atoms with Gasteiger partial charge in [-0.1, -0.05) is 12.7 Å². The molecule has 0 aliphatic carbocycles. The Labute approximate surface area is 67.6 Å². The Morgan fingerprint density at radius 1 is 1.55 bits per heavy atom. The number of ether oxygens (including phenoxy) is 1. The van der Waals surface area contributed by atoms with Gasteiger partial charge in [0.05, 0.1) is 6.10 Å². The summed E-state index contributed by atoms with van der Waals surface area (Å²) in [6, 6.07) is 0. The van der Waals surface area contributed by atoms with E-state index in [2.05, 4.69) is 6.58 Å². The molecule has 0 radical (unpaired) electrons. The summed E-state index contributed by atoms with van der Waals surface area (Å²) in [6.07, 6.45) is 2.98. The molecule has 2 nitrogen and oxygen atoms in total. The second kappa shape index (κ2) is 4.72. The summed E-state index contributed by atoms with van der Waals surface area (Å²) in [5.74, 6) is -0.308. The van der Waals surface area contributed by atoms with E-state index in [1.165, 1.54) is 6.08 Å². The summed E-state index contributed by atoms with van der Waals surface area (Å²) in [6.45, 7) is 8.95. The van der Waals surface area contributed by atoms with Crippen LogP contribution in [0, 0.1) is 0 Å². The summed E-state index contributed by atoms with van der Waals surface area (Å²) in [5.41, 5.74) is 0.815. The van der Waals surface area contributed by atoms with Crippen molar-refractivity contribution in [3.8, 4) is 0 Å². The first-order valence-corrected chi connectivity index (χ1v) is 3.57. The van der Waals surface area contributed by atoms with Crippen LogP contribution in [-0.4, -0.2) is 12.1 Å². The standard InChI is InChI=1S/C9H14O2/c1-5-8(4)6-9(10)11-7(2)3/h5-7H,1H2,2-4H3/b8-6-. The largest absolute Gasteiger partial charge is 0.460 e. The second-order valence-corrected chi connectivity index (χ2v) is 2.58. The number of hydrogen-bond acceptors (Lipinski definition) is 2. The maximum Gasteiger partial charge on any atom is 0.331 e. The van der Waals surface area contributed by atoms with Gasteiger partial charge in [-0.3, -0.25) is 0 Å². The fourth-order valence-electron chi connectivity index (χ4n) is 0.511. The number of esters is 1. The average molecular weight is 154 g/mol. The van der Waals surface area contributed by atoms with Crippen LogP contribution >= 0.6 is 0 Å². The monoisotopic (exact) mass is 154 g/mol. The molecular weight excluding hydrogens is 140 g/mol. The molecule has 0 N–H and O–H groups in total. The first-order valence-electron chi connectivity index (χ1n) is 3.57. The van der Waals surface area contributed by atoms with Crippen LogP contribution in [0.15, 0.2) is 24.3 Å². The molecule has 0 spiro atoms. The molecule has 0 atom stereocenters. The van der Waals surface area contributed by atoms with Gasteiger partial charge in [-0.05, 0) is 26.3 Å². The van der Waals surface area contributed by atoms with Crippen molar-refractivity contribution in [2.75, 3.05) is 0 Å². The maximum absolute atomic E-state index is 10.9. The van der Waals surface area contributed by atoms with Crippen molar-refractivity contribution in [1.29, 1.82) is 0 Å². The van der Waals surface area contributed by atoms with Gasteiger partial charge in [0.25, 0.3) is 0 Å². The van der Waals surface area contributed by atoms with E-state index < -0.39 is 0 Å². The molecule has 0 saturated carbocycles. The lowest BCUT2D eigenvalue weighted by Crippen LogP contribution is -2.08. The zero-order valence-electron chi connectivity index (χ0n) is 7.26. The Morgan fingerprint density at radius 2 is 2.09 bits per heavy atom. The van der Waals surface area contributed by atoms with Crippen molar-refractivity contribution in [3.05, 3.63) is 24.3 Å². The third-order valence-corrected chi connectivity index (χ3v) is 1.02. The van der Waals surface area contributed by atoms with Gasteiger partial charge in [-0.15, -0.1) is 0 Å².